The maximum Gasteiger partial charge on any atom is 0.147 e. The molecule has 0 aliphatic heterocycles. The Morgan fingerprint density at radius 3 is 3.22 bits per heavy atom. The van der Waals surface area contributed by atoms with Crippen molar-refractivity contribution in [2.75, 3.05) is 6.54 Å². The van der Waals surface area contributed by atoms with Crippen LogP contribution in [-0.2, 0) is 0 Å². The average Bonchev–Trinajstić information content (AvgIpc) is 2.34. The molecule has 0 saturated heterocycles. The van der Waals surface area contributed by atoms with Gasteiger partial charge in [0.1, 0.15) is 12.2 Å². The van der Waals surface area contributed by atoms with Gasteiger partial charge in [-0.1, -0.05) is 6.08 Å². The zero-order valence-corrected chi connectivity index (χ0v) is 4.91. The van der Waals surface area contributed by atoms with Crippen LogP contribution in [0, 0.1) is 0 Å². The molecule has 0 bridgehead atoms. The van der Waals surface area contributed by atoms with Crippen molar-refractivity contribution in [3.63, 3.8) is 0 Å². The Hall–Kier alpha value is -1.16. The minimum Gasteiger partial charge on any atom is -0.327 e. The van der Waals surface area contributed by atoms with Crippen molar-refractivity contribution in [2.45, 2.75) is 0 Å². The summed E-state index contributed by atoms with van der Waals surface area (Å²) in [5.41, 5.74) is 5.20. The number of hydrogen-bond acceptors (Lipinski definition) is 3. The minimum atomic E-state index is 0.528. The summed E-state index contributed by atoms with van der Waals surface area (Å²) in [5, 5.41) is 6.32. The number of rotatable bonds is 2. The highest BCUT2D eigenvalue weighted by Crippen LogP contribution is 1.86. The van der Waals surface area contributed by atoms with Crippen LogP contribution < -0.4 is 5.73 Å². The first-order chi connectivity index (χ1) is 4.43. The van der Waals surface area contributed by atoms with Gasteiger partial charge in [-0.15, -0.1) is 0 Å². The molecule has 0 aliphatic rings. The van der Waals surface area contributed by atoms with Crippen molar-refractivity contribution < 1.29 is 0 Å². The Balaban J connectivity index is 2.57. The topological polar surface area (TPSA) is 67.6 Å². The SMILES string of the molecule is NCC=Cc1ncn[nH]1. The van der Waals surface area contributed by atoms with Gasteiger partial charge in [0.2, 0.25) is 0 Å². The summed E-state index contributed by atoms with van der Waals surface area (Å²) in [7, 11) is 0. The maximum absolute atomic E-state index is 5.20. The molecule has 4 nitrogen and oxygen atoms in total. The number of nitrogens with zero attached hydrogens (tertiary/aromatic N) is 2. The zero-order valence-electron chi connectivity index (χ0n) is 4.91. The molecule has 0 atom stereocenters. The second-order valence-electron chi connectivity index (χ2n) is 1.51. The van der Waals surface area contributed by atoms with Gasteiger partial charge in [0.25, 0.3) is 0 Å². The number of H-pyrrole nitrogens is 1. The molecule has 48 valence electrons. The normalized spacial score (nSPS) is 10.8. The second-order valence-corrected chi connectivity index (χ2v) is 1.51. The molecule has 1 aromatic rings. The fourth-order valence-electron chi connectivity index (χ4n) is 0.475. The van der Waals surface area contributed by atoms with E-state index in [2.05, 4.69) is 15.2 Å². The van der Waals surface area contributed by atoms with Gasteiger partial charge >= 0.3 is 0 Å². The molecule has 0 unspecified atom stereocenters. The maximum atomic E-state index is 5.20. The summed E-state index contributed by atoms with van der Waals surface area (Å²) in [4.78, 5) is 3.84. The van der Waals surface area contributed by atoms with E-state index in [-0.39, 0.29) is 0 Å². The zero-order chi connectivity index (χ0) is 6.53. The third-order valence-corrected chi connectivity index (χ3v) is 0.845. The van der Waals surface area contributed by atoms with E-state index in [1.807, 2.05) is 0 Å². The molecule has 0 spiro atoms. The van der Waals surface area contributed by atoms with Crippen molar-refractivity contribution >= 4 is 6.08 Å². The fourth-order valence-corrected chi connectivity index (χ4v) is 0.475. The smallest absolute Gasteiger partial charge is 0.147 e. The lowest BCUT2D eigenvalue weighted by Crippen LogP contribution is -1.92. The summed E-state index contributed by atoms with van der Waals surface area (Å²) in [6, 6.07) is 0. The van der Waals surface area contributed by atoms with Crippen LogP contribution in [0.5, 0.6) is 0 Å². The highest BCUT2D eigenvalue weighted by Gasteiger charge is 1.82. The van der Waals surface area contributed by atoms with Gasteiger partial charge in [-0.05, 0) is 6.08 Å². The van der Waals surface area contributed by atoms with E-state index in [0.29, 0.717) is 6.54 Å². The van der Waals surface area contributed by atoms with E-state index < -0.39 is 0 Å². The van der Waals surface area contributed by atoms with Gasteiger partial charge in [-0.2, -0.15) is 5.10 Å². The van der Waals surface area contributed by atoms with Gasteiger partial charge in [-0.25, -0.2) is 4.98 Å². The number of hydrogen-bond donors (Lipinski definition) is 2. The Labute approximate surface area is 52.8 Å². The minimum absolute atomic E-state index is 0.528. The van der Waals surface area contributed by atoms with Crippen LogP contribution in [0.1, 0.15) is 5.82 Å². The summed E-state index contributed by atoms with van der Waals surface area (Å²) < 4.78 is 0. The quantitative estimate of drug-likeness (QED) is 0.572. The van der Waals surface area contributed by atoms with E-state index in [0.717, 1.165) is 5.82 Å². The van der Waals surface area contributed by atoms with Crippen LogP contribution in [0.2, 0.25) is 0 Å². The van der Waals surface area contributed by atoms with E-state index in [1.165, 1.54) is 6.33 Å². The van der Waals surface area contributed by atoms with Crippen LogP contribution in [-0.4, -0.2) is 21.7 Å². The van der Waals surface area contributed by atoms with Gasteiger partial charge < -0.3 is 5.73 Å². The molecule has 0 amide bonds. The van der Waals surface area contributed by atoms with E-state index >= 15 is 0 Å². The molecular weight excluding hydrogens is 116 g/mol. The lowest BCUT2D eigenvalue weighted by Gasteiger charge is -1.78. The lowest BCUT2D eigenvalue weighted by atomic mass is 10.5. The molecule has 1 aromatic heterocycles. The van der Waals surface area contributed by atoms with Crippen LogP contribution in [0.15, 0.2) is 12.4 Å². The van der Waals surface area contributed by atoms with E-state index in [9.17, 15) is 0 Å². The predicted molar refractivity (Wildman–Crippen MR) is 34.5 cm³/mol. The number of nitrogens with one attached hydrogen (secondary N) is 1. The third kappa shape index (κ3) is 1.65. The molecule has 1 rings (SSSR count). The fraction of sp³-hybridized carbons (Fsp3) is 0.200. The summed E-state index contributed by atoms with van der Waals surface area (Å²) >= 11 is 0. The molecule has 0 radical (unpaired) electrons. The predicted octanol–water partition coefficient (Wildman–Crippen LogP) is -0.223. The third-order valence-electron chi connectivity index (χ3n) is 0.845. The van der Waals surface area contributed by atoms with E-state index in [4.69, 9.17) is 5.73 Å². The molecule has 1 heterocycles. The van der Waals surface area contributed by atoms with Crippen molar-refractivity contribution in [3.8, 4) is 0 Å². The summed E-state index contributed by atoms with van der Waals surface area (Å²) in [5.74, 6) is 0.737. The number of aromatic nitrogens is 3. The molecule has 0 aromatic carbocycles. The van der Waals surface area contributed by atoms with Crippen molar-refractivity contribution in [2.24, 2.45) is 5.73 Å². The van der Waals surface area contributed by atoms with Crippen molar-refractivity contribution in [1.29, 1.82) is 0 Å². The van der Waals surface area contributed by atoms with E-state index in [1.54, 1.807) is 12.2 Å². The average molecular weight is 124 g/mol. The first-order valence-corrected chi connectivity index (χ1v) is 2.65. The monoisotopic (exact) mass is 124 g/mol. The van der Waals surface area contributed by atoms with Gasteiger partial charge in [0, 0.05) is 6.54 Å². The molecule has 4 heteroatoms. The van der Waals surface area contributed by atoms with Gasteiger partial charge in [0.15, 0.2) is 0 Å². The van der Waals surface area contributed by atoms with Gasteiger partial charge in [0.05, 0.1) is 0 Å². The number of aromatic amines is 1. The Morgan fingerprint density at radius 2 is 2.67 bits per heavy atom. The first kappa shape index (κ1) is 5.97. The Kier molecular flexibility index (Phi) is 1.98. The second kappa shape index (κ2) is 2.99. The van der Waals surface area contributed by atoms with Crippen molar-refractivity contribution in [1.82, 2.24) is 15.2 Å². The molecule has 0 saturated carbocycles. The summed E-state index contributed by atoms with van der Waals surface area (Å²) in [6.07, 6.45) is 5.05. The first-order valence-electron chi connectivity index (χ1n) is 2.65. The van der Waals surface area contributed by atoms with Crippen LogP contribution >= 0.6 is 0 Å². The lowest BCUT2D eigenvalue weighted by molar-refractivity contribution is 1.08. The van der Waals surface area contributed by atoms with Crippen LogP contribution in [0.25, 0.3) is 6.08 Å². The standard InChI is InChI=1S/C5H8N4/c6-3-1-2-5-7-4-8-9-5/h1-2,4H,3,6H2,(H,7,8,9). The molecule has 0 aliphatic carbocycles. The molecule has 9 heavy (non-hydrogen) atoms. The molecule has 0 fully saturated rings. The largest absolute Gasteiger partial charge is 0.327 e. The number of nitrogens with two attached hydrogens (primary N) is 1. The Bertz CT molecular complexity index is 177. The molecule has 3 N–H and O–H groups in total. The Morgan fingerprint density at radius 1 is 1.78 bits per heavy atom. The van der Waals surface area contributed by atoms with Crippen LogP contribution in [0.4, 0.5) is 0 Å². The highest BCUT2D eigenvalue weighted by atomic mass is 15.2. The summed E-state index contributed by atoms with van der Waals surface area (Å²) in [6.45, 7) is 0.528. The highest BCUT2D eigenvalue weighted by molar-refractivity contribution is 5.38. The molecular formula is C5H8N4. The van der Waals surface area contributed by atoms with Crippen molar-refractivity contribution in [3.05, 3.63) is 18.2 Å². The van der Waals surface area contributed by atoms with Gasteiger partial charge in [-0.3, -0.25) is 5.10 Å². The van der Waals surface area contributed by atoms with Crippen LogP contribution in [0.3, 0.4) is 0 Å².